The second kappa shape index (κ2) is 8.56. The molecule has 1 aromatic rings. The van der Waals surface area contributed by atoms with Gasteiger partial charge in [0.25, 0.3) is 0 Å². The summed E-state index contributed by atoms with van der Waals surface area (Å²) in [5.74, 6) is -2.24. The second-order valence-corrected chi connectivity index (χ2v) is 7.00. The van der Waals surface area contributed by atoms with Crippen LogP contribution in [0.2, 0.25) is 0 Å². The highest BCUT2D eigenvalue weighted by molar-refractivity contribution is 6.10. The molecule has 0 amide bonds. The van der Waals surface area contributed by atoms with E-state index in [0.29, 0.717) is 0 Å². The summed E-state index contributed by atoms with van der Waals surface area (Å²) in [6.45, 7) is 0.00856. The SMILES string of the molecule is NCC(O)CC[C@](N)(C(=O)O)C(=O)C(c1ccccc1)C1CCCC1. The number of hydrogen-bond donors (Lipinski definition) is 4. The number of Topliss-reactive ketones (excluding diaryl/α,β-unsaturated/α-hetero) is 1. The number of hydrogen-bond acceptors (Lipinski definition) is 5. The van der Waals surface area contributed by atoms with Gasteiger partial charge in [-0.2, -0.15) is 0 Å². The van der Waals surface area contributed by atoms with Crippen LogP contribution in [0.25, 0.3) is 0 Å². The number of benzene rings is 1. The molecule has 0 radical (unpaired) electrons. The molecule has 2 rings (SSSR count). The van der Waals surface area contributed by atoms with E-state index >= 15 is 0 Å². The first-order valence-corrected chi connectivity index (χ1v) is 8.89. The fraction of sp³-hybridized carbons (Fsp3) is 0.579. The molecule has 0 saturated heterocycles. The topological polar surface area (TPSA) is 127 Å². The molecule has 0 heterocycles. The zero-order chi connectivity index (χ0) is 18.4. The number of ketones is 1. The lowest BCUT2D eigenvalue weighted by Crippen LogP contribution is -2.57. The summed E-state index contributed by atoms with van der Waals surface area (Å²) >= 11 is 0. The summed E-state index contributed by atoms with van der Waals surface area (Å²) in [6.07, 6.45) is 2.96. The third kappa shape index (κ3) is 4.45. The fourth-order valence-electron chi connectivity index (χ4n) is 3.71. The van der Waals surface area contributed by atoms with E-state index < -0.39 is 29.3 Å². The van der Waals surface area contributed by atoms with Gasteiger partial charge in [0.05, 0.1) is 6.10 Å². The monoisotopic (exact) mass is 348 g/mol. The highest BCUT2D eigenvalue weighted by atomic mass is 16.4. The molecule has 1 fully saturated rings. The van der Waals surface area contributed by atoms with Crippen molar-refractivity contribution in [3.05, 3.63) is 35.9 Å². The molecule has 1 aromatic carbocycles. The molecule has 0 aliphatic heterocycles. The molecule has 1 saturated carbocycles. The molecule has 3 atom stereocenters. The van der Waals surface area contributed by atoms with Gasteiger partial charge in [0.2, 0.25) is 0 Å². The maximum absolute atomic E-state index is 13.3. The van der Waals surface area contributed by atoms with Gasteiger partial charge in [0.15, 0.2) is 11.3 Å². The summed E-state index contributed by atoms with van der Waals surface area (Å²) in [7, 11) is 0. The van der Waals surface area contributed by atoms with Crippen LogP contribution in [0.3, 0.4) is 0 Å². The van der Waals surface area contributed by atoms with Crippen molar-refractivity contribution < 1.29 is 19.8 Å². The van der Waals surface area contributed by atoms with Gasteiger partial charge in [-0.25, -0.2) is 4.79 Å². The average molecular weight is 348 g/mol. The third-order valence-electron chi connectivity index (χ3n) is 5.28. The minimum absolute atomic E-state index is 0.00856. The van der Waals surface area contributed by atoms with E-state index in [1.165, 1.54) is 0 Å². The van der Waals surface area contributed by atoms with Crippen molar-refractivity contribution in [2.75, 3.05) is 6.54 Å². The first kappa shape index (κ1) is 19.6. The van der Waals surface area contributed by atoms with Crippen molar-refractivity contribution in [3.8, 4) is 0 Å². The van der Waals surface area contributed by atoms with Gasteiger partial charge in [0, 0.05) is 12.5 Å². The van der Waals surface area contributed by atoms with Gasteiger partial charge in [-0.3, -0.25) is 4.79 Å². The Bertz CT molecular complexity index is 586. The maximum Gasteiger partial charge on any atom is 0.331 e. The zero-order valence-corrected chi connectivity index (χ0v) is 14.4. The minimum Gasteiger partial charge on any atom is -0.480 e. The number of carboxylic acids is 1. The summed E-state index contributed by atoms with van der Waals surface area (Å²) in [5, 5.41) is 19.3. The van der Waals surface area contributed by atoms with Crippen LogP contribution in [0.1, 0.15) is 50.0 Å². The predicted octanol–water partition coefficient (Wildman–Crippen LogP) is 1.41. The lowest BCUT2D eigenvalue weighted by molar-refractivity contribution is -0.149. The Morgan fingerprint density at radius 3 is 2.32 bits per heavy atom. The Balaban J connectivity index is 2.32. The quantitative estimate of drug-likeness (QED) is 0.500. The number of carboxylic acid groups (broad SMARTS) is 1. The Morgan fingerprint density at radius 1 is 1.20 bits per heavy atom. The molecule has 0 bridgehead atoms. The Kier molecular flexibility index (Phi) is 6.70. The predicted molar refractivity (Wildman–Crippen MR) is 95.0 cm³/mol. The molecule has 1 aliphatic rings. The van der Waals surface area contributed by atoms with Crippen molar-refractivity contribution in [2.45, 2.75) is 56.1 Å². The molecular formula is C19H28N2O4. The summed E-state index contributed by atoms with van der Waals surface area (Å²) < 4.78 is 0. The number of aliphatic hydroxyl groups is 1. The Labute approximate surface area is 148 Å². The van der Waals surface area contributed by atoms with Crippen molar-refractivity contribution >= 4 is 11.8 Å². The lowest BCUT2D eigenvalue weighted by Gasteiger charge is -2.32. The Morgan fingerprint density at radius 2 is 1.80 bits per heavy atom. The molecule has 6 nitrogen and oxygen atoms in total. The molecule has 2 unspecified atom stereocenters. The van der Waals surface area contributed by atoms with Gasteiger partial charge in [-0.15, -0.1) is 0 Å². The molecule has 138 valence electrons. The van der Waals surface area contributed by atoms with E-state index in [9.17, 15) is 19.8 Å². The van der Waals surface area contributed by atoms with E-state index in [-0.39, 0.29) is 25.3 Å². The van der Waals surface area contributed by atoms with Crippen molar-refractivity contribution in [3.63, 3.8) is 0 Å². The normalized spacial score (nSPS) is 20.0. The number of aliphatic carboxylic acids is 1. The highest BCUT2D eigenvalue weighted by Gasteiger charge is 2.47. The van der Waals surface area contributed by atoms with Crippen LogP contribution in [0.5, 0.6) is 0 Å². The first-order chi connectivity index (χ1) is 11.9. The van der Waals surface area contributed by atoms with Crippen molar-refractivity contribution in [1.82, 2.24) is 0 Å². The number of carbonyl (C=O) groups is 2. The van der Waals surface area contributed by atoms with Crippen LogP contribution in [-0.2, 0) is 9.59 Å². The van der Waals surface area contributed by atoms with Crippen LogP contribution in [0, 0.1) is 5.92 Å². The third-order valence-corrected chi connectivity index (χ3v) is 5.28. The number of carbonyl (C=O) groups excluding carboxylic acids is 1. The standard InChI is InChI=1S/C19H28N2O4/c20-12-15(22)10-11-19(21,18(24)25)17(23)16(14-8-4-5-9-14)13-6-2-1-3-7-13/h1-3,6-7,14-16,22H,4-5,8-12,20-21H2,(H,24,25)/t15?,16?,19-/m1/s1. The Hall–Kier alpha value is -1.76. The molecule has 1 aliphatic carbocycles. The van der Waals surface area contributed by atoms with Gasteiger partial charge >= 0.3 is 5.97 Å². The largest absolute Gasteiger partial charge is 0.480 e. The van der Waals surface area contributed by atoms with Gasteiger partial charge in [-0.05, 0) is 37.2 Å². The van der Waals surface area contributed by atoms with E-state index in [1.807, 2.05) is 30.3 Å². The molecule has 0 aromatic heterocycles. The van der Waals surface area contributed by atoms with Crippen LogP contribution < -0.4 is 11.5 Å². The second-order valence-electron chi connectivity index (χ2n) is 7.00. The minimum atomic E-state index is -2.01. The number of aliphatic hydroxyl groups excluding tert-OH is 1. The van der Waals surface area contributed by atoms with Gasteiger partial charge < -0.3 is 21.7 Å². The van der Waals surface area contributed by atoms with Crippen molar-refractivity contribution in [1.29, 1.82) is 0 Å². The van der Waals surface area contributed by atoms with E-state index in [4.69, 9.17) is 11.5 Å². The van der Waals surface area contributed by atoms with Gasteiger partial charge in [0.1, 0.15) is 0 Å². The fourth-order valence-corrected chi connectivity index (χ4v) is 3.71. The molecular weight excluding hydrogens is 320 g/mol. The van der Waals surface area contributed by atoms with E-state index in [2.05, 4.69) is 0 Å². The highest BCUT2D eigenvalue weighted by Crippen LogP contribution is 2.40. The van der Waals surface area contributed by atoms with Crippen LogP contribution in [-0.4, -0.2) is 40.2 Å². The average Bonchev–Trinajstić information content (AvgIpc) is 3.14. The lowest BCUT2D eigenvalue weighted by atomic mass is 9.73. The maximum atomic E-state index is 13.3. The molecule has 0 spiro atoms. The van der Waals surface area contributed by atoms with Crippen molar-refractivity contribution in [2.24, 2.45) is 17.4 Å². The molecule has 25 heavy (non-hydrogen) atoms. The summed E-state index contributed by atoms with van der Waals surface area (Å²) in [6, 6.07) is 9.28. The van der Waals surface area contributed by atoms with E-state index in [1.54, 1.807) is 0 Å². The van der Waals surface area contributed by atoms with Crippen LogP contribution >= 0.6 is 0 Å². The first-order valence-electron chi connectivity index (χ1n) is 8.89. The zero-order valence-electron chi connectivity index (χ0n) is 14.4. The smallest absolute Gasteiger partial charge is 0.331 e. The van der Waals surface area contributed by atoms with Gasteiger partial charge in [-0.1, -0.05) is 43.2 Å². The molecule has 6 heteroatoms. The summed E-state index contributed by atoms with van der Waals surface area (Å²) in [4.78, 5) is 25.1. The molecule has 6 N–H and O–H groups in total. The number of rotatable bonds is 9. The number of nitrogens with two attached hydrogens (primary N) is 2. The van der Waals surface area contributed by atoms with Crippen LogP contribution in [0.15, 0.2) is 30.3 Å². The van der Waals surface area contributed by atoms with Crippen LogP contribution in [0.4, 0.5) is 0 Å². The van der Waals surface area contributed by atoms with E-state index in [0.717, 1.165) is 31.2 Å². The summed E-state index contributed by atoms with van der Waals surface area (Å²) in [5.41, 5.74) is 10.3.